The molecule has 0 saturated heterocycles. The predicted molar refractivity (Wildman–Crippen MR) is 213 cm³/mol. The van der Waals surface area contributed by atoms with E-state index < -0.39 is 34.4 Å². The van der Waals surface area contributed by atoms with E-state index in [1.54, 1.807) is 36.1 Å². The number of nitro benzene ring substituents is 1. The highest BCUT2D eigenvalue weighted by Crippen LogP contribution is 2.62. The highest BCUT2D eigenvalue weighted by Gasteiger charge is 2.65. The van der Waals surface area contributed by atoms with Crippen LogP contribution >= 0.6 is 0 Å². The van der Waals surface area contributed by atoms with Crippen molar-refractivity contribution in [2.75, 3.05) is 33.0 Å². The van der Waals surface area contributed by atoms with Crippen molar-refractivity contribution >= 4 is 17.5 Å². The van der Waals surface area contributed by atoms with Crippen molar-refractivity contribution in [1.82, 2.24) is 4.90 Å². The summed E-state index contributed by atoms with van der Waals surface area (Å²) >= 11 is 0. The van der Waals surface area contributed by atoms with E-state index in [2.05, 4.69) is 12.7 Å². The van der Waals surface area contributed by atoms with Gasteiger partial charge in [0.2, 0.25) is 5.79 Å². The molecule has 1 fully saturated rings. The SMILES string of the molecule is C=CCOC12Oc3ccc(Oc4cccc([N+](=O)[O-])c4)cc3C3C(CCCCO)C(CCCCO)C=C(C(=NOC(C)(C)C)CC1N(CCC)C(=O)OCC)C32. The number of aliphatic hydroxyl groups is 2. The van der Waals surface area contributed by atoms with Crippen LogP contribution in [0.4, 0.5) is 10.5 Å². The lowest BCUT2D eigenvalue weighted by molar-refractivity contribution is -0.384. The highest BCUT2D eigenvalue weighted by molar-refractivity contribution is 6.03. The highest BCUT2D eigenvalue weighted by atomic mass is 16.7. The monoisotopic (exact) mass is 777 g/mol. The normalized spacial score (nSPS) is 24.6. The molecule has 0 radical (unpaired) electrons. The van der Waals surface area contributed by atoms with E-state index in [4.69, 9.17) is 28.9 Å². The van der Waals surface area contributed by atoms with Gasteiger partial charge in [0.25, 0.3) is 5.69 Å². The van der Waals surface area contributed by atoms with Crippen LogP contribution in [0.1, 0.15) is 97.5 Å². The molecule has 306 valence electrons. The van der Waals surface area contributed by atoms with Crippen LogP contribution in [0.2, 0.25) is 0 Å². The van der Waals surface area contributed by atoms with Gasteiger partial charge in [-0.05, 0) is 101 Å². The Morgan fingerprint density at radius 3 is 2.48 bits per heavy atom. The first-order valence-corrected chi connectivity index (χ1v) is 20.0. The summed E-state index contributed by atoms with van der Waals surface area (Å²) in [5.74, 6) is -0.729. The Bertz CT molecular complexity index is 1740. The van der Waals surface area contributed by atoms with Crippen molar-refractivity contribution in [3.8, 4) is 17.2 Å². The minimum atomic E-state index is -1.41. The molecule has 5 rings (SSSR count). The quantitative estimate of drug-likeness (QED) is 0.0611. The summed E-state index contributed by atoms with van der Waals surface area (Å²) in [5, 5.41) is 36.1. The number of rotatable bonds is 19. The number of amides is 1. The lowest BCUT2D eigenvalue weighted by Crippen LogP contribution is -2.70. The molecule has 1 heterocycles. The largest absolute Gasteiger partial charge is 0.459 e. The first kappa shape index (κ1) is 42.7. The smallest absolute Gasteiger partial charge is 0.410 e. The summed E-state index contributed by atoms with van der Waals surface area (Å²) in [4.78, 5) is 32.9. The number of carbonyl (C=O) groups is 1. The first-order valence-electron chi connectivity index (χ1n) is 20.0. The van der Waals surface area contributed by atoms with Crippen molar-refractivity contribution in [3.63, 3.8) is 0 Å². The number of nitro groups is 1. The maximum Gasteiger partial charge on any atom is 0.410 e. The lowest BCUT2D eigenvalue weighted by Gasteiger charge is -2.60. The molecule has 0 spiro atoms. The third kappa shape index (κ3) is 9.55. The Morgan fingerprint density at radius 2 is 1.82 bits per heavy atom. The van der Waals surface area contributed by atoms with Gasteiger partial charge in [-0.15, -0.1) is 6.58 Å². The summed E-state index contributed by atoms with van der Waals surface area (Å²) in [6.07, 6.45) is 8.86. The predicted octanol–water partition coefficient (Wildman–Crippen LogP) is 8.69. The van der Waals surface area contributed by atoms with Crippen LogP contribution in [0.15, 0.2) is 71.9 Å². The fraction of sp³-hybridized carbons (Fsp3) is 0.581. The Hall–Kier alpha value is -4.46. The first-order chi connectivity index (χ1) is 26.9. The van der Waals surface area contributed by atoms with E-state index >= 15 is 0 Å². The molecular weight excluding hydrogens is 718 g/mol. The maximum absolute atomic E-state index is 13.9. The number of hydrogen-bond acceptors (Lipinski definition) is 11. The van der Waals surface area contributed by atoms with E-state index in [-0.39, 0.29) is 56.3 Å². The summed E-state index contributed by atoms with van der Waals surface area (Å²) in [5.41, 5.74) is 1.80. The molecule has 6 atom stereocenters. The fourth-order valence-corrected chi connectivity index (χ4v) is 8.52. The number of ether oxygens (including phenoxy) is 4. The lowest BCUT2D eigenvalue weighted by atomic mass is 9.55. The number of fused-ring (bicyclic) bond motifs is 2. The zero-order valence-corrected chi connectivity index (χ0v) is 33.5. The minimum Gasteiger partial charge on any atom is -0.459 e. The van der Waals surface area contributed by atoms with Gasteiger partial charge in [0.05, 0.1) is 35.8 Å². The van der Waals surface area contributed by atoms with E-state index in [0.29, 0.717) is 48.8 Å². The molecule has 13 nitrogen and oxygen atoms in total. The average molecular weight is 778 g/mol. The topological polar surface area (TPSA) is 162 Å². The summed E-state index contributed by atoms with van der Waals surface area (Å²) in [6.45, 7) is 14.4. The molecule has 1 saturated carbocycles. The van der Waals surface area contributed by atoms with Crippen molar-refractivity contribution in [2.24, 2.45) is 22.9 Å². The van der Waals surface area contributed by atoms with Crippen molar-refractivity contribution < 1.29 is 43.7 Å². The Labute approximate surface area is 330 Å². The van der Waals surface area contributed by atoms with E-state index in [1.165, 1.54) is 12.1 Å². The molecule has 1 amide bonds. The molecule has 0 aromatic heterocycles. The standard InChI is InChI=1S/C43H59N3O10/c1-7-21-45(41(49)52-9-3)38-28-36(44-56-42(4,5)6)34-25-29(15-10-12-22-47)33(18-11-13-23-48)39-35-27-32(54-31-17-14-16-30(26-31)46(50)51)19-20-37(35)55-43(38,40(34)39)53-24-8-2/h8,14,16-17,19-20,25-27,29,33,38-40,47-48H,2,7,9-13,15,18,21-24,28H2,1,3-6H3. The number of aliphatic hydroxyl groups excluding tert-OH is 2. The Morgan fingerprint density at radius 1 is 1.09 bits per heavy atom. The molecule has 1 aliphatic heterocycles. The summed E-state index contributed by atoms with van der Waals surface area (Å²) in [7, 11) is 0. The summed E-state index contributed by atoms with van der Waals surface area (Å²) in [6, 6.07) is 10.9. The van der Waals surface area contributed by atoms with Crippen LogP contribution in [-0.2, 0) is 14.3 Å². The Balaban J connectivity index is 1.79. The number of allylic oxidation sites excluding steroid dienone is 1. The second-order valence-corrected chi connectivity index (χ2v) is 15.7. The van der Waals surface area contributed by atoms with E-state index in [9.17, 15) is 25.1 Å². The van der Waals surface area contributed by atoms with Gasteiger partial charge in [-0.3, -0.25) is 15.0 Å². The number of non-ortho nitro benzene ring substituents is 1. The van der Waals surface area contributed by atoms with Crippen LogP contribution < -0.4 is 9.47 Å². The van der Waals surface area contributed by atoms with Gasteiger partial charge in [0.15, 0.2) is 0 Å². The van der Waals surface area contributed by atoms with Crippen LogP contribution in [0.25, 0.3) is 0 Å². The van der Waals surface area contributed by atoms with Gasteiger partial charge in [0, 0.05) is 43.7 Å². The van der Waals surface area contributed by atoms with Crippen LogP contribution in [-0.4, -0.2) is 82.2 Å². The van der Waals surface area contributed by atoms with Gasteiger partial charge in [-0.25, -0.2) is 4.79 Å². The minimum absolute atomic E-state index is 0.0159. The van der Waals surface area contributed by atoms with E-state index in [1.807, 2.05) is 39.8 Å². The van der Waals surface area contributed by atoms with Gasteiger partial charge < -0.3 is 34.0 Å². The number of oxime groups is 1. The summed E-state index contributed by atoms with van der Waals surface area (Å²) < 4.78 is 26.1. The third-order valence-electron chi connectivity index (χ3n) is 10.7. The number of unbranched alkanes of at least 4 members (excludes halogenated alkanes) is 2. The number of nitrogens with zero attached hydrogens (tertiary/aromatic N) is 3. The maximum atomic E-state index is 13.9. The van der Waals surface area contributed by atoms with E-state index in [0.717, 1.165) is 36.8 Å². The second kappa shape index (κ2) is 19.1. The zero-order chi connectivity index (χ0) is 40.5. The number of benzene rings is 2. The number of hydrogen-bond donors (Lipinski definition) is 2. The van der Waals surface area contributed by atoms with Gasteiger partial charge in [0.1, 0.15) is 28.9 Å². The molecule has 56 heavy (non-hydrogen) atoms. The fourth-order valence-electron chi connectivity index (χ4n) is 8.52. The van der Waals surface area contributed by atoms with Gasteiger partial charge in [-0.1, -0.05) is 43.1 Å². The van der Waals surface area contributed by atoms with Crippen LogP contribution in [0.5, 0.6) is 17.2 Å². The van der Waals surface area contributed by atoms with Gasteiger partial charge in [-0.2, -0.15) is 0 Å². The van der Waals surface area contributed by atoms with Crippen molar-refractivity contribution in [3.05, 3.63) is 82.4 Å². The van der Waals surface area contributed by atoms with Gasteiger partial charge >= 0.3 is 6.09 Å². The second-order valence-electron chi connectivity index (χ2n) is 15.7. The molecule has 2 aromatic rings. The van der Waals surface area contributed by atoms with Crippen molar-refractivity contribution in [1.29, 1.82) is 0 Å². The average Bonchev–Trinajstić information content (AvgIpc) is 3.16. The van der Waals surface area contributed by atoms with Crippen LogP contribution in [0, 0.1) is 27.9 Å². The van der Waals surface area contributed by atoms with Crippen molar-refractivity contribution in [2.45, 2.75) is 109 Å². The molecule has 13 heteroatoms. The molecule has 6 unspecified atom stereocenters. The van der Waals surface area contributed by atoms with Crippen LogP contribution in [0.3, 0.4) is 0 Å². The molecular formula is C43H59N3O10. The molecule has 2 aromatic carbocycles. The molecule has 3 aliphatic rings. The molecule has 2 aliphatic carbocycles. The third-order valence-corrected chi connectivity index (χ3v) is 10.7. The zero-order valence-electron chi connectivity index (χ0n) is 33.5. The molecule has 0 bridgehead atoms. The Kier molecular flexibility index (Phi) is 14.6. The number of carbonyl (C=O) groups excluding carboxylic acids is 1. The molecule has 2 N–H and O–H groups in total.